The average Bonchev–Trinajstić information content (AvgIpc) is 2.39. The second-order valence-electron chi connectivity index (χ2n) is 5.01. The molecule has 0 radical (unpaired) electrons. The van der Waals surface area contributed by atoms with Crippen LogP contribution in [0.4, 0.5) is 4.39 Å². The molecule has 0 bridgehead atoms. The monoisotopic (exact) mass is 302 g/mol. The maximum absolute atomic E-state index is 12.9. The van der Waals surface area contributed by atoms with Crippen LogP contribution in [0.5, 0.6) is 0 Å². The van der Waals surface area contributed by atoms with Gasteiger partial charge in [0.2, 0.25) is 10.0 Å². The lowest BCUT2D eigenvalue weighted by Gasteiger charge is -2.34. The summed E-state index contributed by atoms with van der Waals surface area (Å²) in [6, 6.07) is 4.87. The molecular weight excluding hydrogens is 283 g/mol. The third-order valence-corrected chi connectivity index (χ3v) is 5.22. The van der Waals surface area contributed by atoms with Gasteiger partial charge in [-0.15, -0.1) is 0 Å². The molecule has 1 atom stereocenters. The molecule has 1 fully saturated rings. The van der Waals surface area contributed by atoms with Crippen molar-refractivity contribution >= 4 is 10.0 Å². The molecule has 112 valence electrons. The average molecular weight is 302 g/mol. The largest absolute Gasteiger partial charge is 0.392 e. The first kappa shape index (κ1) is 15.4. The lowest BCUT2D eigenvalue weighted by Crippen LogP contribution is -2.50. The highest BCUT2D eigenvalue weighted by Gasteiger charge is 2.28. The van der Waals surface area contributed by atoms with E-state index in [0.29, 0.717) is 32.7 Å². The van der Waals surface area contributed by atoms with Gasteiger partial charge in [0.1, 0.15) is 5.82 Å². The van der Waals surface area contributed by atoms with Gasteiger partial charge in [0, 0.05) is 32.7 Å². The van der Waals surface area contributed by atoms with Crippen LogP contribution in [-0.2, 0) is 10.0 Å². The fourth-order valence-electron chi connectivity index (χ4n) is 2.28. The smallest absolute Gasteiger partial charge is 0.243 e. The SMILES string of the molecule is CC(O)CN1CCN(S(=O)(=O)c2ccc(F)cc2)CC1. The maximum atomic E-state index is 12.9. The summed E-state index contributed by atoms with van der Waals surface area (Å²) in [5.41, 5.74) is 0. The summed E-state index contributed by atoms with van der Waals surface area (Å²) in [4.78, 5) is 2.14. The molecule has 0 aromatic heterocycles. The molecule has 0 aliphatic carbocycles. The van der Waals surface area contributed by atoms with Gasteiger partial charge in [0.15, 0.2) is 0 Å². The van der Waals surface area contributed by atoms with Crippen molar-refractivity contribution in [2.75, 3.05) is 32.7 Å². The van der Waals surface area contributed by atoms with Crippen molar-refractivity contribution < 1.29 is 17.9 Å². The molecule has 1 aromatic rings. The highest BCUT2D eigenvalue weighted by Crippen LogP contribution is 2.18. The molecule has 1 aromatic carbocycles. The van der Waals surface area contributed by atoms with E-state index in [1.165, 1.54) is 16.4 Å². The van der Waals surface area contributed by atoms with Gasteiger partial charge >= 0.3 is 0 Å². The Morgan fingerprint density at radius 3 is 2.25 bits per heavy atom. The van der Waals surface area contributed by atoms with E-state index in [1.807, 2.05) is 4.90 Å². The number of β-amino-alcohol motifs (C(OH)–C–C–N with tert-alkyl or cyclic N) is 1. The van der Waals surface area contributed by atoms with E-state index in [2.05, 4.69) is 0 Å². The summed E-state index contributed by atoms with van der Waals surface area (Å²) < 4.78 is 39.0. The lowest BCUT2D eigenvalue weighted by molar-refractivity contribution is 0.103. The fourth-order valence-corrected chi connectivity index (χ4v) is 3.70. The van der Waals surface area contributed by atoms with Crippen molar-refractivity contribution in [2.24, 2.45) is 0 Å². The Kier molecular flexibility index (Phi) is 4.74. The van der Waals surface area contributed by atoms with E-state index >= 15 is 0 Å². The van der Waals surface area contributed by atoms with Crippen LogP contribution in [0.25, 0.3) is 0 Å². The van der Waals surface area contributed by atoms with Crippen molar-refractivity contribution in [3.8, 4) is 0 Å². The van der Waals surface area contributed by atoms with Crippen molar-refractivity contribution in [1.82, 2.24) is 9.21 Å². The normalized spacial score (nSPS) is 19.9. The fraction of sp³-hybridized carbons (Fsp3) is 0.538. The number of aliphatic hydroxyl groups is 1. The maximum Gasteiger partial charge on any atom is 0.243 e. The van der Waals surface area contributed by atoms with Crippen LogP contribution in [0.15, 0.2) is 29.2 Å². The van der Waals surface area contributed by atoms with Gasteiger partial charge in [-0.3, -0.25) is 4.90 Å². The van der Waals surface area contributed by atoms with Gasteiger partial charge in [-0.25, -0.2) is 12.8 Å². The third kappa shape index (κ3) is 3.54. The topological polar surface area (TPSA) is 60.9 Å². The Labute approximate surface area is 118 Å². The van der Waals surface area contributed by atoms with Gasteiger partial charge in [0.25, 0.3) is 0 Å². The van der Waals surface area contributed by atoms with Crippen LogP contribution in [0.3, 0.4) is 0 Å². The molecule has 20 heavy (non-hydrogen) atoms. The minimum atomic E-state index is -3.55. The number of halogens is 1. The van der Waals surface area contributed by atoms with Gasteiger partial charge < -0.3 is 5.11 Å². The van der Waals surface area contributed by atoms with Crippen LogP contribution in [-0.4, -0.2) is 61.6 Å². The number of hydrogen-bond acceptors (Lipinski definition) is 4. The Bertz CT molecular complexity index is 537. The molecule has 1 aliphatic heterocycles. The van der Waals surface area contributed by atoms with E-state index in [0.717, 1.165) is 12.1 Å². The number of rotatable bonds is 4. The molecule has 7 heteroatoms. The van der Waals surface area contributed by atoms with Gasteiger partial charge in [0.05, 0.1) is 11.0 Å². The van der Waals surface area contributed by atoms with Gasteiger partial charge in [-0.2, -0.15) is 4.31 Å². The first-order chi connectivity index (χ1) is 9.39. The van der Waals surface area contributed by atoms with Crippen molar-refractivity contribution in [3.05, 3.63) is 30.1 Å². The predicted octanol–water partition coefficient (Wildman–Crippen LogP) is 0.513. The molecule has 0 spiro atoms. The van der Waals surface area contributed by atoms with E-state index in [9.17, 15) is 17.9 Å². The summed E-state index contributed by atoms with van der Waals surface area (Å²) in [5, 5.41) is 9.33. The Morgan fingerprint density at radius 1 is 1.20 bits per heavy atom. The summed E-state index contributed by atoms with van der Waals surface area (Å²) in [5.74, 6) is -0.453. The summed E-state index contributed by atoms with van der Waals surface area (Å²) in [6.07, 6.45) is -0.421. The van der Waals surface area contributed by atoms with Crippen molar-refractivity contribution in [1.29, 1.82) is 0 Å². The first-order valence-electron chi connectivity index (χ1n) is 6.56. The molecule has 2 rings (SSSR count). The predicted molar refractivity (Wildman–Crippen MR) is 73.3 cm³/mol. The highest BCUT2D eigenvalue weighted by molar-refractivity contribution is 7.89. The Morgan fingerprint density at radius 2 is 1.75 bits per heavy atom. The molecule has 1 saturated heterocycles. The molecule has 1 N–H and O–H groups in total. The zero-order chi connectivity index (χ0) is 14.8. The van der Waals surface area contributed by atoms with E-state index in [1.54, 1.807) is 6.92 Å². The van der Waals surface area contributed by atoms with Crippen LogP contribution < -0.4 is 0 Å². The minimum absolute atomic E-state index is 0.114. The Balaban J connectivity index is 2.04. The van der Waals surface area contributed by atoms with E-state index < -0.39 is 21.9 Å². The second-order valence-corrected chi connectivity index (χ2v) is 6.95. The first-order valence-corrected chi connectivity index (χ1v) is 8.00. The molecule has 1 heterocycles. The van der Waals surface area contributed by atoms with Gasteiger partial charge in [-0.1, -0.05) is 0 Å². The van der Waals surface area contributed by atoms with Crippen molar-refractivity contribution in [3.63, 3.8) is 0 Å². The summed E-state index contributed by atoms with van der Waals surface area (Å²) in [6.45, 7) is 4.20. The molecular formula is C13H19FN2O3S. The molecule has 1 unspecified atom stereocenters. The number of benzene rings is 1. The lowest BCUT2D eigenvalue weighted by atomic mass is 10.3. The van der Waals surface area contributed by atoms with Gasteiger partial charge in [-0.05, 0) is 31.2 Å². The Hall–Kier alpha value is -1.02. The molecule has 0 saturated carbocycles. The number of nitrogens with zero attached hydrogens (tertiary/aromatic N) is 2. The minimum Gasteiger partial charge on any atom is -0.392 e. The van der Waals surface area contributed by atoms with Crippen LogP contribution in [0, 0.1) is 5.82 Å². The third-order valence-electron chi connectivity index (χ3n) is 3.31. The number of hydrogen-bond donors (Lipinski definition) is 1. The summed E-state index contributed by atoms with van der Waals surface area (Å²) >= 11 is 0. The summed E-state index contributed by atoms with van der Waals surface area (Å²) in [7, 11) is -3.55. The second kappa shape index (κ2) is 6.17. The van der Waals surface area contributed by atoms with E-state index in [4.69, 9.17) is 0 Å². The molecule has 0 amide bonds. The van der Waals surface area contributed by atoms with Crippen LogP contribution >= 0.6 is 0 Å². The van der Waals surface area contributed by atoms with E-state index in [-0.39, 0.29) is 4.90 Å². The standard InChI is InChI=1S/C13H19FN2O3S/c1-11(17)10-15-6-8-16(9-7-15)20(18,19)13-4-2-12(14)3-5-13/h2-5,11,17H,6-10H2,1H3. The van der Waals surface area contributed by atoms with Crippen LogP contribution in [0.1, 0.15) is 6.92 Å². The zero-order valence-electron chi connectivity index (χ0n) is 11.4. The zero-order valence-corrected chi connectivity index (χ0v) is 12.2. The van der Waals surface area contributed by atoms with Crippen LogP contribution in [0.2, 0.25) is 0 Å². The number of sulfonamides is 1. The molecule has 1 aliphatic rings. The van der Waals surface area contributed by atoms with Crippen molar-refractivity contribution in [2.45, 2.75) is 17.9 Å². The number of piperazine rings is 1. The number of aliphatic hydroxyl groups excluding tert-OH is 1. The quantitative estimate of drug-likeness (QED) is 0.880. The molecule has 5 nitrogen and oxygen atoms in total. The highest BCUT2D eigenvalue weighted by atomic mass is 32.2.